The van der Waals surface area contributed by atoms with Gasteiger partial charge in [0.1, 0.15) is 5.82 Å². The SMILES string of the molecule is O=C(O)c1cc(S(=O)CC(F)F)ccc1F. The highest BCUT2D eigenvalue weighted by Crippen LogP contribution is 2.15. The molecule has 0 saturated heterocycles. The van der Waals surface area contributed by atoms with Gasteiger partial charge in [0.05, 0.1) is 22.1 Å². The molecule has 1 unspecified atom stereocenters. The Morgan fingerprint density at radius 3 is 2.56 bits per heavy atom. The zero-order valence-corrected chi connectivity index (χ0v) is 8.64. The third-order valence-corrected chi connectivity index (χ3v) is 3.04. The van der Waals surface area contributed by atoms with Gasteiger partial charge in [0.25, 0.3) is 0 Å². The summed E-state index contributed by atoms with van der Waals surface area (Å²) in [5.41, 5.74) is -0.680. The lowest BCUT2D eigenvalue weighted by Crippen LogP contribution is -2.09. The predicted molar refractivity (Wildman–Crippen MR) is 50.6 cm³/mol. The van der Waals surface area contributed by atoms with Gasteiger partial charge in [-0.2, -0.15) is 0 Å². The van der Waals surface area contributed by atoms with Crippen molar-refractivity contribution in [2.75, 3.05) is 5.75 Å². The largest absolute Gasteiger partial charge is 0.478 e. The second kappa shape index (κ2) is 5.11. The Kier molecular flexibility index (Phi) is 4.05. The number of carbonyl (C=O) groups is 1. The van der Waals surface area contributed by atoms with E-state index in [1.807, 2.05) is 0 Å². The van der Waals surface area contributed by atoms with E-state index in [1.54, 1.807) is 0 Å². The number of halogens is 3. The molecule has 0 aliphatic carbocycles. The molecule has 0 spiro atoms. The lowest BCUT2D eigenvalue weighted by atomic mass is 10.2. The Labute approximate surface area is 91.4 Å². The summed E-state index contributed by atoms with van der Waals surface area (Å²) in [6.07, 6.45) is -2.76. The molecule has 0 amide bonds. The molecule has 0 aliphatic heterocycles. The molecule has 1 N–H and O–H groups in total. The summed E-state index contributed by atoms with van der Waals surface area (Å²) in [5, 5.41) is 8.57. The van der Waals surface area contributed by atoms with Gasteiger partial charge in [-0.25, -0.2) is 18.0 Å². The number of carboxylic acids is 1. The van der Waals surface area contributed by atoms with Crippen molar-refractivity contribution in [1.29, 1.82) is 0 Å². The lowest BCUT2D eigenvalue weighted by Gasteiger charge is -2.03. The summed E-state index contributed by atoms with van der Waals surface area (Å²) in [7, 11) is -2.03. The zero-order chi connectivity index (χ0) is 12.3. The van der Waals surface area contributed by atoms with Gasteiger partial charge in [-0.15, -0.1) is 0 Å². The van der Waals surface area contributed by atoms with Crippen molar-refractivity contribution in [3.05, 3.63) is 29.6 Å². The van der Waals surface area contributed by atoms with E-state index in [4.69, 9.17) is 5.11 Å². The molecule has 0 saturated carbocycles. The molecule has 0 radical (unpaired) electrons. The van der Waals surface area contributed by atoms with Crippen LogP contribution < -0.4 is 0 Å². The molecule has 1 aromatic carbocycles. The van der Waals surface area contributed by atoms with Crippen molar-refractivity contribution in [1.82, 2.24) is 0 Å². The summed E-state index contributed by atoms with van der Waals surface area (Å²) in [4.78, 5) is 10.4. The van der Waals surface area contributed by atoms with Crippen molar-refractivity contribution < 1.29 is 27.3 Å². The van der Waals surface area contributed by atoms with Gasteiger partial charge in [-0.05, 0) is 18.2 Å². The minimum Gasteiger partial charge on any atom is -0.478 e. The highest BCUT2D eigenvalue weighted by molar-refractivity contribution is 7.85. The van der Waals surface area contributed by atoms with Crippen LogP contribution in [0, 0.1) is 5.82 Å². The Morgan fingerprint density at radius 1 is 1.44 bits per heavy atom. The summed E-state index contributed by atoms with van der Waals surface area (Å²) in [6, 6.07) is 2.62. The van der Waals surface area contributed by atoms with Gasteiger partial charge in [-0.3, -0.25) is 4.21 Å². The van der Waals surface area contributed by atoms with Crippen molar-refractivity contribution in [2.45, 2.75) is 11.3 Å². The maximum Gasteiger partial charge on any atom is 0.338 e. The number of benzene rings is 1. The Balaban J connectivity index is 3.03. The monoisotopic (exact) mass is 252 g/mol. The summed E-state index contributed by atoms with van der Waals surface area (Å²) in [6.45, 7) is 0. The maximum atomic E-state index is 12.9. The smallest absolute Gasteiger partial charge is 0.338 e. The molecule has 16 heavy (non-hydrogen) atoms. The van der Waals surface area contributed by atoms with Gasteiger partial charge in [0.15, 0.2) is 0 Å². The van der Waals surface area contributed by atoms with E-state index in [1.165, 1.54) is 0 Å². The number of aromatic carboxylic acids is 1. The van der Waals surface area contributed by atoms with Crippen LogP contribution in [0.5, 0.6) is 0 Å². The third kappa shape index (κ3) is 3.06. The normalized spacial score (nSPS) is 12.8. The predicted octanol–water partition coefficient (Wildman–Crippen LogP) is 1.90. The second-order valence-electron chi connectivity index (χ2n) is 2.85. The van der Waals surface area contributed by atoms with Crippen molar-refractivity contribution in [3.63, 3.8) is 0 Å². The van der Waals surface area contributed by atoms with Crippen LogP contribution in [0.4, 0.5) is 13.2 Å². The molecule has 0 aromatic heterocycles. The van der Waals surface area contributed by atoms with Crippen LogP contribution in [0.25, 0.3) is 0 Å². The topological polar surface area (TPSA) is 54.4 Å². The first-order valence-electron chi connectivity index (χ1n) is 4.11. The van der Waals surface area contributed by atoms with Crippen LogP contribution in [0.1, 0.15) is 10.4 Å². The molecular weight excluding hydrogens is 245 g/mol. The number of alkyl halides is 2. The first kappa shape index (κ1) is 12.7. The number of hydrogen-bond acceptors (Lipinski definition) is 2. The Bertz CT molecular complexity index is 434. The Morgan fingerprint density at radius 2 is 2.06 bits per heavy atom. The first-order chi connectivity index (χ1) is 7.41. The van der Waals surface area contributed by atoms with Crippen LogP contribution in [0.3, 0.4) is 0 Å². The van der Waals surface area contributed by atoms with Gasteiger partial charge >= 0.3 is 5.97 Å². The maximum absolute atomic E-state index is 12.9. The van der Waals surface area contributed by atoms with Crippen LogP contribution in [-0.2, 0) is 10.8 Å². The highest BCUT2D eigenvalue weighted by atomic mass is 32.2. The number of hydrogen-bond donors (Lipinski definition) is 1. The standard InChI is InChI=1S/C9H7F3O3S/c10-7-2-1-5(3-6(7)9(13)14)16(15)4-8(11)12/h1-3,8H,4H2,(H,13,14). The Hall–Kier alpha value is -1.37. The molecule has 0 heterocycles. The fraction of sp³-hybridized carbons (Fsp3) is 0.222. The minimum atomic E-state index is -2.76. The van der Waals surface area contributed by atoms with Crippen LogP contribution in [-0.4, -0.2) is 27.5 Å². The number of carboxylic acid groups (broad SMARTS) is 1. The van der Waals surface area contributed by atoms with Gasteiger partial charge in [-0.1, -0.05) is 0 Å². The molecule has 3 nitrogen and oxygen atoms in total. The summed E-state index contributed by atoms with van der Waals surface area (Å²) in [5.74, 6) is -3.43. The first-order valence-corrected chi connectivity index (χ1v) is 5.43. The molecule has 0 aliphatic rings. The van der Waals surface area contributed by atoms with E-state index >= 15 is 0 Å². The summed E-state index contributed by atoms with van der Waals surface area (Å²) < 4.78 is 48.0. The van der Waals surface area contributed by atoms with Crippen molar-refractivity contribution in [2.24, 2.45) is 0 Å². The van der Waals surface area contributed by atoms with Gasteiger partial charge in [0.2, 0.25) is 6.43 Å². The van der Waals surface area contributed by atoms with E-state index < -0.39 is 40.3 Å². The molecule has 1 atom stereocenters. The molecular formula is C9H7F3O3S. The van der Waals surface area contributed by atoms with E-state index in [2.05, 4.69) is 0 Å². The quantitative estimate of drug-likeness (QED) is 0.890. The molecule has 1 rings (SSSR count). The fourth-order valence-corrected chi connectivity index (χ4v) is 1.91. The lowest BCUT2D eigenvalue weighted by molar-refractivity contribution is 0.0691. The van der Waals surface area contributed by atoms with Crippen LogP contribution in [0.2, 0.25) is 0 Å². The van der Waals surface area contributed by atoms with E-state index in [9.17, 15) is 22.2 Å². The summed E-state index contributed by atoms with van der Waals surface area (Å²) >= 11 is 0. The molecule has 7 heteroatoms. The molecule has 0 bridgehead atoms. The average molecular weight is 252 g/mol. The van der Waals surface area contributed by atoms with Gasteiger partial charge in [0, 0.05) is 4.90 Å². The third-order valence-electron chi connectivity index (χ3n) is 1.71. The van der Waals surface area contributed by atoms with Gasteiger partial charge < -0.3 is 5.11 Å². The fourth-order valence-electron chi connectivity index (χ4n) is 1.02. The van der Waals surface area contributed by atoms with E-state index in [-0.39, 0.29) is 4.90 Å². The van der Waals surface area contributed by atoms with E-state index in [0.29, 0.717) is 0 Å². The van der Waals surface area contributed by atoms with Crippen molar-refractivity contribution >= 4 is 16.8 Å². The van der Waals surface area contributed by atoms with Crippen LogP contribution in [0.15, 0.2) is 23.1 Å². The van der Waals surface area contributed by atoms with Crippen LogP contribution >= 0.6 is 0 Å². The molecule has 1 aromatic rings. The molecule has 88 valence electrons. The minimum absolute atomic E-state index is 0.126. The van der Waals surface area contributed by atoms with Crippen molar-refractivity contribution in [3.8, 4) is 0 Å². The molecule has 0 fully saturated rings. The second-order valence-corrected chi connectivity index (χ2v) is 4.35. The number of rotatable bonds is 4. The van der Waals surface area contributed by atoms with E-state index in [0.717, 1.165) is 18.2 Å². The zero-order valence-electron chi connectivity index (χ0n) is 7.82. The average Bonchev–Trinajstić information content (AvgIpc) is 2.16. The highest BCUT2D eigenvalue weighted by Gasteiger charge is 2.16.